The summed E-state index contributed by atoms with van der Waals surface area (Å²) in [6.45, 7) is 2.78. The Hall–Kier alpha value is -2.55. The van der Waals surface area contributed by atoms with E-state index in [0.717, 1.165) is 10.8 Å². The van der Waals surface area contributed by atoms with Gasteiger partial charge in [-0.3, -0.25) is 10.0 Å². The van der Waals surface area contributed by atoms with Gasteiger partial charge >= 0.3 is 0 Å². The van der Waals surface area contributed by atoms with Crippen molar-refractivity contribution < 1.29 is 24.3 Å². The third kappa shape index (κ3) is 4.08. The summed E-state index contributed by atoms with van der Waals surface area (Å²) in [6.07, 6.45) is 0.649. The smallest absolute Gasteiger partial charge is 0.254 e. The summed E-state index contributed by atoms with van der Waals surface area (Å²) < 4.78 is 11.2. The Balaban J connectivity index is 0.00000210. The highest BCUT2D eigenvalue weighted by Gasteiger charge is 2.21. The molecule has 0 spiro atoms. The Kier molecular flexibility index (Phi) is 6.00. The first-order valence-corrected chi connectivity index (χ1v) is 8.61. The standard InChI is InChI=1S/C19H20N2O5.B/c22-19(20-9-12-24-13-10-20)14-4-6-15(7-5-14)26-18-3-1-2-17-16(18)8-11-25-21(17)23;/h1-7,23H,8-13H2;. The maximum atomic E-state index is 12.5. The molecule has 2 heterocycles. The third-order valence-electron chi connectivity index (χ3n) is 4.51. The zero-order chi connectivity index (χ0) is 17.9. The molecule has 0 atom stereocenters. The van der Waals surface area contributed by atoms with E-state index in [1.165, 1.54) is 0 Å². The van der Waals surface area contributed by atoms with Crippen LogP contribution >= 0.6 is 0 Å². The minimum Gasteiger partial charge on any atom is -0.457 e. The lowest BCUT2D eigenvalue weighted by Gasteiger charge is -2.27. The van der Waals surface area contributed by atoms with E-state index in [1.54, 1.807) is 41.3 Å². The second-order valence-electron chi connectivity index (χ2n) is 6.14. The van der Waals surface area contributed by atoms with Crippen LogP contribution in [-0.2, 0) is 16.0 Å². The molecular weight excluding hydrogens is 347 g/mol. The van der Waals surface area contributed by atoms with Crippen molar-refractivity contribution in [3.8, 4) is 11.5 Å². The number of rotatable bonds is 3. The highest BCUT2D eigenvalue weighted by molar-refractivity contribution is 5.94. The van der Waals surface area contributed by atoms with Gasteiger partial charge in [-0.25, -0.2) is 4.84 Å². The number of benzene rings is 2. The minimum atomic E-state index is 0. The fourth-order valence-electron chi connectivity index (χ4n) is 3.13. The van der Waals surface area contributed by atoms with Gasteiger partial charge in [-0.05, 0) is 36.4 Å². The Morgan fingerprint density at radius 2 is 1.78 bits per heavy atom. The van der Waals surface area contributed by atoms with E-state index in [0.29, 0.717) is 62.1 Å². The molecule has 7 nitrogen and oxygen atoms in total. The van der Waals surface area contributed by atoms with Gasteiger partial charge in [0.1, 0.15) is 17.2 Å². The lowest BCUT2D eigenvalue weighted by atomic mass is 10.1. The quantitative estimate of drug-likeness (QED) is 0.840. The van der Waals surface area contributed by atoms with Crippen molar-refractivity contribution in [1.29, 1.82) is 0 Å². The number of nitrogens with zero attached hydrogens (tertiary/aromatic N) is 2. The van der Waals surface area contributed by atoms with E-state index in [9.17, 15) is 10.0 Å². The Morgan fingerprint density at radius 3 is 2.52 bits per heavy atom. The van der Waals surface area contributed by atoms with Gasteiger partial charge in [-0.1, -0.05) is 6.07 Å². The van der Waals surface area contributed by atoms with E-state index in [-0.39, 0.29) is 14.3 Å². The van der Waals surface area contributed by atoms with Crippen molar-refractivity contribution in [3.05, 3.63) is 53.6 Å². The molecule has 0 aliphatic carbocycles. The van der Waals surface area contributed by atoms with E-state index < -0.39 is 0 Å². The summed E-state index contributed by atoms with van der Waals surface area (Å²) in [7, 11) is 0. The number of anilines is 1. The number of hydrogen-bond acceptors (Lipinski definition) is 6. The van der Waals surface area contributed by atoms with E-state index in [2.05, 4.69) is 0 Å². The molecule has 1 fully saturated rings. The molecule has 4 rings (SSSR count). The van der Waals surface area contributed by atoms with E-state index >= 15 is 0 Å². The average molecular weight is 367 g/mol. The molecule has 0 saturated carbocycles. The molecule has 2 aromatic rings. The topological polar surface area (TPSA) is 71.5 Å². The highest BCUT2D eigenvalue weighted by atomic mass is 16.9. The minimum absolute atomic E-state index is 0. The molecule has 27 heavy (non-hydrogen) atoms. The fourth-order valence-corrected chi connectivity index (χ4v) is 3.13. The predicted molar refractivity (Wildman–Crippen MR) is 99.4 cm³/mol. The van der Waals surface area contributed by atoms with Gasteiger partial charge < -0.3 is 14.4 Å². The number of hydrogen-bond donors (Lipinski definition) is 1. The van der Waals surface area contributed by atoms with Crippen molar-refractivity contribution in [2.75, 3.05) is 38.1 Å². The fraction of sp³-hybridized carbons (Fsp3) is 0.316. The van der Waals surface area contributed by atoms with Gasteiger partial charge in [0.15, 0.2) is 0 Å². The van der Waals surface area contributed by atoms with Crippen LogP contribution in [0.5, 0.6) is 11.5 Å². The van der Waals surface area contributed by atoms with Crippen LogP contribution in [0.15, 0.2) is 42.5 Å². The first kappa shape index (κ1) is 19.2. The summed E-state index contributed by atoms with van der Waals surface area (Å²) in [5.74, 6) is 1.30. The van der Waals surface area contributed by atoms with E-state index in [1.807, 2.05) is 6.07 Å². The van der Waals surface area contributed by atoms with Gasteiger partial charge in [0.2, 0.25) is 0 Å². The second-order valence-corrected chi connectivity index (χ2v) is 6.14. The van der Waals surface area contributed by atoms with Crippen LogP contribution in [0.3, 0.4) is 0 Å². The largest absolute Gasteiger partial charge is 0.457 e. The Bertz CT molecular complexity index is 793. The highest BCUT2D eigenvalue weighted by Crippen LogP contribution is 2.35. The number of morpholine rings is 1. The van der Waals surface area contributed by atoms with Gasteiger partial charge in [-0.15, -0.1) is 5.23 Å². The summed E-state index contributed by atoms with van der Waals surface area (Å²) in [6, 6.07) is 12.5. The summed E-state index contributed by atoms with van der Waals surface area (Å²) >= 11 is 0. The van der Waals surface area contributed by atoms with Crippen LogP contribution in [0.25, 0.3) is 0 Å². The van der Waals surface area contributed by atoms with Crippen molar-refractivity contribution in [2.24, 2.45) is 0 Å². The number of fused-ring (bicyclic) bond motifs is 1. The lowest BCUT2D eigenvalue weighted by molar-refractivity contribution is -0.0476. The van der Waals surface area contributed by atoms with Gasteiger partial charge in [-0.2, -0.15) is 0 Å². The van der Waals surface area contributed by atoms with Crippen molar-refractivity contribution in [1.82, 2.24) is 4.90 Å². The average Bonchev–Trinajstić information content (AvgIpc) is 2.69. The number of amides is 1. The molecular formula is C19H20BN2O5. The molecule has 0 bridgehead atoms. The van der Waals surface area contributed by atoms with Crippen molar-refractivity contribution in [3.63, 3.8) is 0 Å². The lowest BCUT2D eigenvalue weighted by Crippen LogP contribution is -2.40. The van der Waals surface area contributed by atoms with Crippen LogP contribution in [0.2, 0.25) is 0 Å². The van der Waals surface area contributed by atoms with E-state index in [4.69, 9.17) is 14.3 Å². The molecule has 3 radical (unpaired) electrons. The summed E-state index contributed by atoms with van der Waals surface area (Å²) in [5.41, 5.74) is 2.09. The number of ether oxygens (including phenoxy) is 2. The first-order valence-electron chi connectivity index (χ1n) is 8.61. The molecule has 1 saturated heterocycles. The van der Waals surface area contributed by atoms with Crippen molar-refractivity contribution in [2.45, 2.75) is 6.42 Å². The van der Waals surface area contributed by atoms with Crippen LogP contribution in [0.4, 0.5) is 5.69 Å². The zero-order valence-corrected chi connectivity index (χ0v) is 14.8. The molecule has 1 amide bonds. The van der Waals surface area contributed by atoms with Crippen LogP contribution < -0.4 is 9.96 Å². The maximum absolute atomic E-state index is 12.5. The van der Waals surface area contributed by atoms with Gasteiger partial charge in [0, 0.05) is 39.1 Å². The summed E-state index contributed by atoms with van der Waals surface area (Å²) in [5, 5.41) is 10.6. The van der Waals surface area contributed by atoms with Gasteiger partial charge in [0.25, 0.3) is 5.91 Å². The normalized spacial score (nSPS) is 16.3. The molecule has 8 heteroatoms. The Labute approximate surface area is 159 Å². The summed E-state index contributed by atoms with van der Waals surface area (Å²) in [4.78, 5) is 19.4. The predicted octanol–water partition coefficient (Wildman–Crippen LogP) is 2.25. The van der Waals surface area contributed by atoms with Crippen molar-refractivity contribution >= 4 is 20.0 Å². The molecule has 1 N–H and O–H groups in total. The monoisotopic (exact) mass is 367 g/mol. The maximum Gasteiger partial charge on any atom is 0.254 e. The zero-order valence-electron chi connectivity index (χ0n) is 14.8. The molecule has 2 aromatic carbocycles. The molecule has 0 aromatic heterocycles. The molecule has 0 unspecified atom stereocenters. The number of carbonyl (C=O) groups excluding carboxylic acids is 1. The third-order valence-corrected chi connectivity index (χ3v) is 4.51. The molecule has 2 aliphatic rings. The van der Waals surface area contributed by atoms with Crippen LogP contribution in [0, 0.1) is 0 Å². The second kappa shape index (κ2) is 8.43. The Morgan fingerprint density at radius 1 is 1.04 bits per heavy atom. The van der Waals surface area contributed by atoms with Gasteiger partial charge in [0.05, 0.1) is 19.8 Å². The van der Waals surface area contributed by atoms with Crippen LogP contribution in [-0.4, -0.2) is 57.3 Å². The molecule has 2 aliphatic heterocycles. The van der Waals surface area contributed by atoms with Crippen LogP contribution in [0.1, 0.15) is 15.9 Å². The first-order chi connectivity index (χ1) is 12.7. The number of carbonyl (C=O) groups is 1. The molecule has 139 valence electrons. The SMILES string of the molecule is O=C(c1ccc(Oc2cccc3c2CCON3O)cc1)N1CCOCC1.[B].